The third-order valence-electron chi connectivity index (χ3n) is 3.11. The first-order valence-electron chi connectivity index (χ1n) is 6.37. The van der Waals surface area contributed by atoms with E-state index in [4.69, 9.17) is 10.8 Å². The number of nitrogens with two attached hydrogens (primary N) is 1. The maximum atomic E-state index is 11.6. The Bertz CT molecular complexity index is 707. The molecule has 0 atom stereocenters. The molecule has 0 saturated carbocycles. The lowest BCUT2D eigenvalue weighted by Crippen LogP contribution is -2.16. The second-order valence-corrected chi connectivity index (χ2v) is 4.61. The molecule has 21 heavy (non-hydrogen) atoms. The van der Waals surface area contributed by atoms with Crippen molar-refractivity contribution in [2.45, 2.75) is 19.3 Å². The van der Waals surface area contributed by atoms with Crippen molar-refractivity contribution in [3.63, 3.8) is 0 Å². The normalized spacial score (nSPS) is 10.5. The SMILES string of the molecule is Nc1nc(O)c(CCCc2ccc(C(=O)O)cc2)c(=O)[nH]1. The quantitative estimate of drug-likeness (QED) is 0.648. The van der Waals surface area contributed by atoms with Crippen molar-refractivity contribution in [2.24, 2.45) is 0 Å². The predicted octanol–water partition coefficient (Wildman–Crippen LogP) is 0.931. The zero-order valence-electron chi connectivity index (χ0n) is 11.2. The summed E-state index contributed by atoms with van der Waals surface area (Å²) in [7, 11) is 0. The molecule has 0 fully saturated rings. The van der Waals surface area contributed by atoms with Crippen molar-refractivity contribution in [3.05, 3.63) is 51.3 Å². The van der Waals surface area contributed by atoms with Crippen LogP contribution in [0.5, 0.6) is 5.88 Å². The van der Waals surface area contributed by atoms with Gasteiger partial charge in [-0.25, -0.2) is 4.79 Å². The first-order valence-corrected chi connectivity index (χ1v) is 6.37. The van der Waals surface area contributed by atoms with Gasteiger partial charge in [-0.2, -0.15) is 4.98 Å². The van der Waals surface area contributed by atoms with Crippen molar-refractivity contribution in [2.75, 3.05) is 5.73 Å². The van der Waals surface area contributed by atoms with Crippen LogP contribution in [0.4, 0.5) is 5.95 Å². The maximum Gasteiger partial charge on any atom is 0.335 e. The summed E-state index contributed by atoms with van der Waals surface area (Å²) in [6.07, 6.45) is 1.63. The number of hydrogen-bond donors (Lipinski definition) is 4. The number of nitrogens with one attached hydrogen (secondary N) is 1. The highest BCUT2D eigenvalue weighted by molar-refractivity contribution is 5.87. The first kappa shape index (κ1) is 14.6. The van der Waals surface area contributed by atoms with Crippen LogP contribution < -0.4 is 11.3 Å². The van der Waals surface area contributed by atoms with Crippen LogP contribution in [0, 0.1) is 0 Å². The molecular weight excluding hydrogens is 274 g/mol. The van der Waals surface area contributed by atoms with Gasteiger partial charge in [-0.15, -0.1) is 0 Å². The Morgan fingerprint density at radius 1 is 1.24 bits per heavy atom. The van der Waals surface area contributed by atoms with Gasteiger partial charge < -0.3 is 15.9 Å². The molecule has 1 aromatic carbocycles. The molecule has 0 aliphatic heterocycles. The highest BCUT2D eigenvalue weighted by Gasteiger charge is 2.09. The summed E-state index contributed by atoms with van der Waals surface area (Å²) in [4.78, 5) is 28.3. The van der Waals surface area contributed by atoms with Gasteiger partial charge in [-0.05, 0) is 37.0 Å². The van der Waals surface area contributed by atoms with Crippen LogP contribution in [0.25, 0.3) is 0 Å². The molecular formula is C14H15N3O4. The Morgan fingerprint density at radius 3 is 2.48 bits per heavy atom. The second kappa shape index (κ2) is 6.08. The fourth-order valence-corrected chi connectivity index (χ4v) is 2.01. The number of hydrogen-bond acceptors (Lipinski definition) is 5. The second-order valence-electron chi connectivity index (χ2n) is 4.61. The van der Waals surface area contributed by atoms with Crippen LogP contribution in [0.1, 0.15) is 27.9 Å². The van der Waals surface area contributed by atoms with E-state index < -0.39 is 11.5 Å². The summed E-state index contributed by atoms with van der Waals surface area (Å²) in [5, 5.41) is 18.4. The monoisotopic (exact) mass is 289 g/mol. The number of carboxylic acids is 1. The molecule has 0 spiro atoms. The Hall–Kier alpha value is -2.83. The number of rotatable bonds is 5. The number of H-pyrrole nitrogens is 1. The van der Waals surface area contributed by atoms with Gasteiger partial charge in [-0.3, -0.25) is 9.78 Å². The number of nitrogen functional groups attached to an aromatic ring is 1. The summed E-state index contributed by atoms with van der Waals surface area (Å²) in [5.41, 5.74) is 6.26. The van der Waals surface area contributed by atoms with E-state index in [-0.39, 0.29) is 23.0 Å². The number of aryl methyl sites for hydroxylation is 1. The number of aromatic amines is 1. The Balaban J connectivity index is 1.99. The molecule has 1 aromatic heterocycles. The summed E-state index contributed by atoms with van der Waals surface area (Å²) >= 11 is 0. The molecule has 0 amide bonds. The number of aromatic hydroxyl groups is 1. The van der Waals surface area contributed by atoms with Gasteiger partial charge in [0.05, 0.1) is 11.1 Å². The first-order chi connectivity index (χ1) is 9.97. The van der Waals surface area contributed by atoms with Crippen LogP contribution >= 0.6 is 0 Å². The number of carboxylic acid groups (broad SMARTS) is 1. The number of aromatic nitrogens is 2. The highest BCUT2D eigenvalue weighted by Crippen LogP contribution is 2.13. The minimum Gasteiger partial charge on any atom is -0.493 e. The van der Waals surface area contributed by atoms with Crippen LogP contribution in [-0.4, -0.2) is 26.2 Å². The van der Waals surface area contributed by atoms with Gasteiger partial charge in [-0.1, -0.05) is 12.1 Å². The number of carbonyl (C=O) groups is 1. The Kier molecular flexibility index (Phi) is 4.22. The van der Waals surface area contributed by atoms with E-state index in [9.17, 15) is 14.7 Å². The van der Waals surface area contributed by atoms with Crippen LogP contribution in [0.15, 0.2) is 29.1 Å². The highest BCUT2D eigenvalue weighted by atomic mass is 16.4. The molecule has 2 rings (SSSR count). The largest absolute Gasteiger partial charge is 0.493 e. The Morgan fingerprint density at radius 2 is 1.90 bits per heavy atom. The van der Waals surface area contributed by atoms with E-state index in [0.717, 1.165) is 5.56 Å². The molecule has 110 valence electrons. The lowest BCUT2D eigenvalue weighted by Gasteiger charge is -2.04. The van der Waals surface area contributed by atoms with Crippen LogP contribution in [-0.2, 0) is 12.8 Å². The molecule has 0 saturated heterocycles. The van der Waals surface area contributed by atoms with E-state index in [1.54, 1.807) is 12.1 Å². The Labute approximate surface area is 120 Å². The van der Waals surface area contributed by atoms with E-state index in [1.807, 2.05) is 0 Å². The lowest BCUT2D eigenvalue weighted by molar-refractivity contribution is 0.0697. The van der Waals surface area contributed by atoms with Gasteiger partial charge in [0.2, 0.25) is 11.8 Å². The molecule has 7 heteroatoms. The van der Waals surface area contributed by atoms with Gasteiger partial charge in [0.25, 0.3) is 5.56 Å². The van der Waals surface area contributed by atoms with Gasteiger partial charge in [0.1, 0.15) is 0 Å². The van der Waals surface area contributed by atoms with E-state index >= 15 is 0 Å². The van der Waals surface area contributed by atoms with E-state index in [1.165, 1.54) is 12.1 Å². The van der Waals surface area contributed by atoms with E-state index in [0.29, 0.717) is 19.3 Å². The lowest BCUT2D eigenvalue weighted by atomic mass is 10.0. The molecule has 1 heterocycles. The third-order valence-corrected chi connectivity index (χ3v) is 3.11. The number of benzene rings is 1. The van der Waals surface area contributed by atoms with Crippen molar-refractivity contribution in [1.82, 2.24) is 9.97 Å². The molecule has 7 nitrogen and oxygen atoms in total. The average molecular weight is 289 g/mol. The van der Waals surface area contributed by atoms with Crippen molar-refractivity contribution in [3.8, 4) is 5.88 Å². The van der Waals surface area contributed by atoms with Gasteiger partial charge >= 0.3 is 5.97 Å². The van der Waals surface area contributed by atoms with Crippen LogP contribution in [0.3, 0.4) is 0 Å². The predicted molar refractivity (Wildman–Crippen MR) is 76.4 cm³/mol. The smallest absolute Gasteiger partial charge is 0.335 e. The van der Waals surface area contributed by atoms with Gasteiger partial charge in [0, 0.05) is 0 Å². The summed E-state index contributed by atoms with van der Waals surface area (Å²) in [6.45, 7) is 0. The molecule has 0 radical (unpaired) electrons. The van der Waals surface area contributed by atoms with Crippen LogP contribution in [0.2, 0.25) is 0 Å². The number of aromatic carboxylic acids is 1. The zero-order chi connectivity index (χ0) is 15.4. The van der Waals surface area contributed by atoms with Crippen molar-refractivity contribution < 1.29 is 15.0 Å². The molecule has 0 aliphatic carbocycles. The zero-order valence-corrected chi connectivity index (χ0v) is 11.2. The summed E-state index contributed by atoms with van der Waals surface area (Å²) in [6, 6.07) is 6.53. The summed E-state index contributed by atoms with van der Waals surface area (Å²) < 4.78 is 0. The minimum atomic E-state index is -0.967. The van der Waals surface area contributed by atoms with Gasteiger partial charge in [0.15, 0.2) is 0 Å². The summed E-state index contributed by atoms with van der Waals surface area (Å²) in [5.74, 6) is -1.44. The average Bonchev–Trinajstić information content (AvgIpc) is 2.42. The van der Waals surface area contributed by atoms with E-state index in [2.05, 4.69) is 9.97 Å². The molecule has 2 aromatic rings. The standard InChI is InChI=1S/C14H15N3O4/c15-14-16-11(18)10(12(19)17-14)3-1-2-8-4-6-9(7-5-8)13(20)21/h4-7H,1-3H2,(H,20,21)(H4,15,16,17,18,19). The molecule has 5 N–H and O–H groups in total. The van der Waals surface area contributed by atoms with Crippen molar-refractivity contribution >= 4 is 11.9 Å². The molecule has 0 unspecified atom stereocenters. The van der Waals surface area contributed by atoms with Crippen molar-refractivity contribution in [1.29, 1.82) is 0 Å². The third kappa shape index (κ3) is 3.59. The molecule has 0 bridgehead atoms. The number of nitrogens with zero attached hydrogens (tertiary/aromatic N) is 1. The minimum absolute atomic E-state index is 0.120. The number of anilines is 1. The topological polar surface area (TPSA) is 129 Å². The fourth-order valence-electron chi connectivity index (χ4n) is 2.01. The maximum absolute atomic E-state index is 11.6. The molecule has 0 aliphatic rings. The fraction of sp³-hybridized carbons (Fsp3) is 0.214.